The van der Waals surface area contributed by atoms with Crippen molar-refractivity contribution in [3.05, 3.63) is 331 Å². The van der Waals surface area contributed by atoms with Crippen molar-refractivity contribution in [1.29, 1.82) is 0 Å². The maximum Gasteiger partial charge on any atom is 0.252 e. The molecule has 0 saturated heterocycles. The van der Waals surface area contributed by atoms with Gasteiger partial charge in [-0.15, -0.1) is 0 Å². The molecular formula is C104H95BN4. The number of hydrogen-bond donors (Lipinski definition) is 0. The van der Waals surface area contributed by atoms with E-state index in [1.165, 1.54) is 87.9 Å². The number of benzene rings is 14. The molecule has 0 unspecified atom stereocenters. The van der Waals surface area contributed by atoms with Gasteiger partial charge in [0.05, 0.1) is 33.4 Å². The van der Waals surface area contributed by atoms with Crippen LogP contribution in [0.25, 0.3) is 111 Å². The maximum absolute atomic E-state index is 2.75. The molecule has 0 aliphatic carbocycles. The number of para-hydroxylation sites is 3. The van der Waals surface area contributed by atoms with Gasteiger partial charge in [0, 0.05) is 72.4 Å². The second kappa shape index (κ2) is 25.5. The van der Waals surface area contributed by atoms with Crippen molar-refractivity contribution in [3.8, 4) is 67.0 Å². The molecule has 0 fully saturated rings. The first-order chi connectivity index (χ1) is 52.2. The molecule has 2 aliphatic heterocycles. The number of anilines is 6. The van der Waals surface area contributed by atoms with Gasteiger partial charge in [0.2, 0.25) is 0 Å². The Hall–Kier alpha value is -11.7. The van der Waals surface area contributed by atoms with Gasteiger partial charge < -0.3 is 18.9 Å². The van der Waals surface area contributed by atoms with Crippen molar-refractivity contribution >= 4 is 101 Å². The standard InChI is InChI=1S/C104H95BN4/c1-100(2,3)73-39-30-38-69(56-73)72-60-94-97-95(61-72)109(99-82(68-36-24-18-25-37-68)50-55-91-96(99)83-42-28-29-45-88(83)106(91)78-40-26-19-27-41-78)92-59-70(71-57-76(103(10,11)12)62-77(58-71)104(13,14)15)46-51-86(92)105(97)87-52-49-79(107-89-53-47-74(101(4,5)6)63-84(89)85-64-75(102(7,8)9)48-54-90(85)107)65-93(87)108(94)98-80(66-32-20-16-21-33-66)43-31-44-81(98)67-34-22-17-23-35-67/h16-65H,1-15H3. The van der Waals surface area contributed by atoms with Crippen molar-refractivity contribution in [1.82, 2.24) is 9.13 Å². The molecule has 4 heterocycles. The van der Waals surface area contributed by atoms with E-state index in [-0.39, 0.29) is 33.8 Å². The lowest BCUT2D eigenvalue weighted by molar-refractivity contribution is 0.569. The largest absolute Gasteiger partial charge is 0.310 e. The van der Waals surface area contributed by atoms with Crippen LogP contribution < -0.4 is 26.2 Å². The van der Waals surface area contributed by atoms with Gasteiger partial charge in [-0.2, -0.15) is 0 Å². The van der Waals surface area contributed by atoms with Crippen molar-refractivity contribution in [2.75, 3.05) is 9.80 Å². The quantitative estimate of drug-likeness (QED) is 0.134. The monoisotopic (exact) mass is 1410 g/mol. The summed E-state index contributed by atoms with van der Waals surface area (Å²) in [5, 5.41) is 4.89. The molecule has 5 heteroatoms. The van der Waals surface area contributed by atoms with Gasteiger partial charge in [0.25, 0.3) is 6.71 Å². The minimum Gasteiger partial charge on any atom is -0.310 e. The molecule has 0 bridgehead atoms. The zero-order valence-corrected chi connectivity index (χ0v) is 65.7. The first-order valence-corrected chi connectivity index (χ1v) is 39.1. The van der Waals surface area contributed by atoms with Crippen LogP contribution in [-0.2, 0) is 27.1 Å². The fraction of sp³-hybridized carbons (Fsp3) is 0.192. The van der Waals surface area contributed by atoms with Crippen LogP contribution in [0, 0.1) is 0 Å². The maximum atomic E-state index is 2.75. The molecule has 0 radical (unpaired) electrons. The van der Waals surface area contributed by atoms with Crippen molar-refractivity contribution in [2.45, 2.75) is 131 Å². The highest BCUT2D eigenvalue weighted by Gasteiger charge is 2.46. The Morgan fingerprint density at radius 2 is 0.624 bits per heavy atom. The van der Waals surface area contributed by atoms with Gasteiger partial charge in [-0.3, -0.25) is 0 Å². The van der Waals surface area contributed by atoms with Crippen molar-refractivity contribution in [3.63, 3.8) is 0 Å². The Kier molecular flexibility index (Phi) is 16.2. The summed E-state index contributed by atoms with van der Waals surface area (Å²) in [6.07, 6.45) is 0. The molecule has 0 N–H and O–H groups in total. The molecule has 14 aromatic carbocycles. The molecule has 0 spiro atoms. The van der Waals surface area contributed by atoms with Gasteiger partial charge in [0.1, 0.15) is 0 Å². The molecular weight excluding hydrogens is 1320 g/mol. The van der Waals surface area contributed by atoms with Crippen LogP contribution in [-0.4, -0.2) is 15.8 Å². The summed E-state index contributed by atoms with van der Waals surface area (Å²) in [5.41, 5.74) is 35.0. The lowest BCUT2D eigenvalue weighted by Gasteiger charge is -2.46. The second-order valence-corrected chi connectivity index (χ2v) is 35.8. The van der Waals surface area contributed by atoms with Gasteiger partial charge in [-0.25, -0.2) is 0 Å². The van der Waals surface area contributed by atoms with Crippen molar-refractivity contribution in [2.24, 2.45) is 0 Å². The number of fused-ring (bicyclic) bond motifs is 10. The second-order valence-electron chi connectivity index (χ2n) is 35.8. The molecule has 2 aliphatic rings. The van der Waals surface area contributed by atoms with E-state index >= 15 is 0 Å². The topological polar surface area (TPSA) is 16.3 Å². The van der Waals surface area contributed by atoms with E-state index in [1.807, 2.05) is 0 Å². The van der Waals surface area contributed by atoms with Crippen LogP contribution in [0.4, 0.5) is 34.1 Å². The van der Waals surface area contributed by atoms with Crippen molar-refractivity contribution < 1.29 is 0 Å². The predicted molar refractivity (Wildman–Crippen MR) is 470 cm³/mol. The summed E-state index contributed by atoms with van der Waals surface area (Å²) in [7, 11) is 0. The summed E-state index contributed by atoms with van der Waals surface area (Å²) < 4.78 is 5.06. The highest BCUT2D eigenvalue weighted by Crippen LogP contribution is 2.56. The Balaban J connectivity index is 1.04. The minimum atomic E-state index is -0.262. The molecule has 0 atom stereocenters. The van der Waals surface area contributed by atoms with Crippen LogP contribution in [0.1, 0.15) is 132 Å². The first-order valence-electron chi connectivity index (χ1n) is 39.1. The molecule has 16 aromatic rings. The Morgan fingerprint density at radius 3 is 1.17 bits per heavy atom. The van der Waals surface area contributed by atoms with Crippen LogP contribution in [0.3, 0.4) is 0 Å². The summed E-state index contributed by atoms with van der Waals surface area (Å²) in [6, 6.07) is 117. The fourth-order valence-corrected chi connectivity index (χ4v) is 17.5. The molecule has 109 heavy (non-hydrogen) atoms. The van der Waals surface area contributed by atoms with E-state index in [0.29, 0.717) is 0 Å². The van der Waals surface area contributed by atoms with Crippen LogP contribution in [0.15, 0.2) is 303 Å². The highest BCUT2D eigenvalue weighted by atomic mass is 15.2. The lowest BCUT2D eigenvalue weighted by atomic mass is 9.33. The molecule has 0 amide bonds. The summed E-state index contributed by atoms with van der Waals surface area (Å²) >= 11 is 0. The first kappa shape index (κ1) is 69.1. The summed E-state index contributed by atoms with van der Waals surface area (Å²) in [6.45, 7) is 34.9. The number of rotatable bonds is 9. The molecule has 0 saturated carbocycles. The van der Waals surface area contributed by atoms with Crippen LogP contribution >= 0.6 is 0 Å². The van der Waals surface area contributed by atoms with E-state index in [9.17, 15) is 0 Å². The third-order valence-corrected chi connectivity index (χ3v) is 23.4. The minimum absolute atomic E-state index is 0.0620. The average molecular weight is 1410 g/mol. The number of hydrogen-bond acceptors (Lipinski definition) is 2. The summed E-state index contributed by atoms with van der Waals surface area (Å²) in [5.74, 6) is 0. The predicted octanol–water partition coefficient (Wildman–Crippen LogP) is 26.8. The van der Waals surface area contributed by atoms with Gasteiger partial charge in [-0.1, -0.05) is 328 Å². The average Bonchev–Trinajstić information content (AvgIpc) is 1.29. The van der Waals surface area contributed by atoms with E-state index in [4.69, 9.17) is 0 Å². The molecule has 4 nitrogen and oxygen atoms in total. The van der Waals surface area contributed by atoms with Crippen LogP contribution in [0.5, 0.6) is 0 Å². The smallest absolute Gasteiger partial charge is 0.252 e. The molecule has 534 valence electrons. The Labute approximate surface area is 644 Å². The van der Waals surface area contributed by atoms with Gasteiger partial charge >= 0.3 is 0 Å². The SMILES string of the molecule is CC(C)(C)c1cccc(-c2cc3c4c(c2)N(c2c(-c5ccccc5)ccc5c2c2ccccc2n5-c2ccccc2)c2cc(-c5cc(C(C)(C)C)cc(C(C)(C)C)c5)ccc2B4c2ccc(-n4c5ccc(C(C)(C)C)cc5c5cc(C(C)(C)C)ccc54)cc2N3c2c(-c3ccccc3)cccc2-c2ccccc2)c1. The Bertz CT molecular complexity index is 6140. The van der Waals surface area contributed by atoms with E-state index in [1.54, 1.807) is 0 Å². The number of aromatic nitrogens is 2. The summed E-state index contributed by atoms with van der Waals surface area (Å²) in [4.78, 5) is 5.48. The third-order valence-electron chi connectivity index (χ3n) is 23.4. The van der Waals surface area contributed by atoms with Gasteiger partial charge in [0.15, 0.2) is 0 Å². The molecule has 2 aromatic heterocycles. The molecule has 18 rings (SSSR count). The van der Waals surface area contributed by atoms with E-state index in [2.05, 4.69) is 426 Å². The highest BCUT2D eigenvalue weighted by molar-refractivity contribution is 7.00. The zero-order valence-electron chi connectivity index (χ0n) is 65.7. The van der Waals surface area contributed by atoms with Gasteiger partial charge in [-0.05, 0) is 189 Å². The fourth-order valence-electron chi connectivity index (χ4n) is 17.5. The third kappa shape index (κ3) is 11.7. The normalized spacial score (nSPS) is 13.2. The zero-order chi connectivity index (χ0) is 75.4. The van der Waals surface area contributed by atoms with Crippen LogP contribution in [0.2, 0.25) is 0 Å². The van der Waals surface area contributed by atoms with E-state index in [0.717, 1.165) is 101 Å². The Morgan fingerprint density at radius 1 is 0.229 bits per heavy atom. The lowest BCUT2D eigenvalue weighted by Crippen LogP contribution is -2.61. The number of nitrogens with zero attached hydrogens (tertiary/aromatic N) is 4. The van der Waals surface area contributed by atoms with E-state index < -0.39 is 0 Å².